The van der Waals surface area contributed by atoms with Crippen LogP contribution in [0.5, 0.6) is 5.75 Å². The molecule has 1 atom stereocenters. The molecule has 1 aromatic rings. The Bertz CT molecular complexity index is 395. The van der Waals surface area contributed by atoms with E-state index in [-0.39, 0.29) is 0 Å². The van der Waals surface area contributed by atoms with Crippen LogP contribution in [0, 0.1) is 0 Å². The second-order valence-electron chi connectivity index (χ2n) is 4.30. The average Bonchev–Trinajstić information content (AvgIpc) is 2.49. The van der Waals surface area contributed by atoms with Crippen molar-refractivity contribution in [3.63, 3.8) is 0 Å². The summed E-state index contributed by atoms with van der Waals surface area (Å²) < 4.78 is 5.71. The number of fused-ring (bicyclic) bond motifs is 1. The normalized spacial score (nSPS) is 19.4. The predicted octanol–water partition coefficient (Wildman–Crippen LogP) is 4.21. The Morgan fingerprint density at radius 2 is 2.24 bits per heavy atom. The number of nitrogens with one attached hydrogen (secondary N) is 1. The Morgan fingerprint density at radius 1 is 1.41 bits per heavy atom. The van der Waals surface area contributed by atoms with E-state index >= 15 is 0 Å². The molecule has 2 rings (SSSR count). The summed E-state index contributed by atoms with van der Waals surface area (Å²) in [6, 6.07) is 4.00. The maximum atomic E-state index is 6.18. The Balaban J connectivity index is 2.33. The van der Waals surface area contributed by atoms with E-state index in [2.05, 4.69) is 12.2 Å². The van der Waals surface area contributed by atoms with Gasteiger partial charge >= 0.3 is 0 Å². The molecular formula is C13H17Cl2NO. The van der Waals surface area contributed by atoms with E-state index < -0.39 is 0 Å². The van der Waals surface area contributed by atoms with Crippen LogP contribution in [-0.4, -0.2) is 13.2 Å². The third kappa shape index (κ3) is 3.06. The molecule has 0 spiro atoms. The zero-order chi connectivity index (χ0) is 12.3. The van der Waals surface area contributed by atoms with Crippen LogP contribution in [0.4, 0.5) is 0 Å². The van der Waals surface area contributed by atoms with E-state index in [1.807, 2.05) is 6.07 Å². The van der Waals surface area contributed by atoms with Crippen molar-refractivity contribution in [3.05, 3.63) is 27.7 Å². The van der Waals surface area contributed by atoms with Crippen LogP contribution < -0.4 is 10.1 Å². The Hall–Kier alpha value is -0.440. The SMILES string of the molecule is CCCNC1CCCOc2c(Cl)cc(Cl)cc21. The molecule has 0 aliphatic carbocycles. The van der Waals surface area contributed by atoms with Gasteiger partial charge in [-0.2, -0.15) is 0 Å². The average molecular weight is 274 g/mol. The van der Waals surface area contributed by atoms with Crippen LogP contribution >= 0.6 is 23.2 Å². The first-order valence-corrected chi connectivity index (χ1v) is 6.83. The highest BCUT2D eigenvalue weighted by molar-refractivity contribution is 6.35. The first kappa shape index (κ1) is 13.0. The van der Waals surface area contributed by atoms with Gasteiger partial charge < -0.3 is 10.1 Å². The van der Waals surface area contributed by atoms with E-state index in [9.17, 15) is 0 Å². The molecule has 0 aromatic heterocycles. The van der Waals surface area contributed by atoms with Gasteiger partial charge in [-0.25, -0.2) is 0 Å². The molecule has 0 fully saturated rings. The number of halogens is 2. The van der Waals surface area contributed by atoms with Crippen molar-refractivity contribution >= 4 is 23.2 Å². The Morgan fingerprint density at radius 3 is 3.00 bits per heavy atom. The van der Waals surface area contributed by atoms with Crippen LogP contribution in [0.2, 0.25) is 10.0 Å². The van der Waals surface area contributed by atoms with Gasteiger partial charge in [-0.05, 0) is 37.9 Å². The fourth-order valence-corrected chi connectivity index (χ4v) is 2.70. The fourth-order valence-electron chi connectivity index (χ4n) is 2.14. The van der Waals surface area contributed by atoms with Crippen molar-refractivity contribution in [3.8, 4) is 5.75 Å². The summed E-state index contributed by atoms with van der Waals surface area (Å²) in [6.07, 6.45) is 3.20. The highest BCUT2D eigenvalue weighted by atomic mass is 35.5. The summed E-state index contributed by atoms with van der Waals surface area (Å²) in [6.45, 7) is 3.87. The topological polar surface area (TPSA) is 21.3 Å². The summed E-state index contributed by atoms with van der Waals surface area (Å²) in [7, 11) is 0. The van der Waals surface area contributed by atoms with Crippen molar-refractivity contribution < 1.29 is 4.74 Å². The molecule has 0 saturated heterocycles. The van der Waals surface area contributed by atoms with Crippen molar-refractivity contribution in [1.82, 2.24) is 5.32 Å². The van der Waals surface area contributed by atoms with Gasteiger partial charge in [0.2, 0.25) is 0 Å². The molecule has 0 bridgehead atoms. The van der Waals surface area contributed by atoms with E-state index in [1.54, 1.807) is 6.07 Å². The molecule has 1 unspecified atom stereocenters. The molecule has 1 heterocycles. The van der Waals surface area contributed by atoms with Gasteiger partial charge in [0.1, 0.15) is 5.75 Å². The molecule has 4 heteroatoms. The van der Waals surface area contributed by atoms with Crippen LogP contribution in [0.15, 0.2) is 12.1 Å². The summed E-state index contributed by atoms with van der Waals surface area (Å²) in [5.74, 6) is 0.794. The largest absolute Gasteiger partial charge is 0.492 e. The van der Waals surface area contributed by atoms with E-state index in [0.717, 1.165) is 43.7 Å². The smallest absolute Gasteiger partial charge is 0.142 e. The number of hydrogen-bond donors (Lipinski definition) is 1. The number of benzene rings is 1. The first-order chi connectivity index (χ1) is 8.22. The second-order valence-corrected chi connectivity index (χ2v) is 5.15. The fraction of sp³-hybridized carbons (Fsp3) is 0.538. The molecule has 1 aliphatic rings. The van der Waals surface area contributed by atoms with Gasteiger partial charge in [-0.3, -0.25) is 0 Å². The lowest BCUT2D eigenvalue weighted by Gasteiger charge is -2.19. The summed E-state index contributed by atoms with van der Waals surface area (Å²) in [5.41, 5.74) is 1.09. The maximum absolute atomic E-state index is 6.18. The quantitative estimate of drug-likeness (QED) is 0.891. The Labute approximate surface area is 112 Å². The number of rotatable bonds is 3. The third-order valence-corrected chi connectivity index (χ3v) is 3.44. The van der Waals surface area contributed by atoms with Crippen molar-refractivity contribution in [2.45, 2.75) is 32.2 Å². The zero-order valence-corrected chi connectivity index (χ0v) is 11.4. The van der Waals surface area contributed by atoms with Crippen LogP contribution in [-0.2, 0) is 0 Å². The van der Waals surface area contributed by atoms with E-state index in [4.69, 9.17) is 27.9 Å². The van der Waals surface area contributed by atoms with Gasteiger partial charge in [0.15, 0.2) is 0 Å². The highest BCUT2D eigenvalue weighted by Gasteiger charge is 2.21. The molecule has 0 radical (unpaired) electrons. The minimum absolute atomic E-state index is 0.295. The van der Waals surface area contributed by atoms with Crippen molar-refractivity contribution in [1.29, 1.82) is 0 Å². The van der Waals surface area contributed by atoms with Gasteiger partial charge in [0, 0.05) is 16.6 Å². The molecule has 17 heavy (non-hydrogen) atoms. The van der Waals surface area contributed by atoms with Crippen LogP contribution in [0.1, 0.15) is 37.8 Å². The van der Waals surface area contributed by atoms with Crippen molar-refractivity contribution in [2.75, 3.05) is 13.2 Å². The van der Waals surface area contributed by atoms with E-state index in [1.165, 1.54) is 0 Å². The lowest BCUT2D eigenvalue weighted by Crippen LogP contribution is -2.21. The molecule has 0 saturated carbocycles. The van der Waals surface area contributed by atoms with Gasteiger partial charge in [0.05, 0.1) is 11.6 Å². The Kier molecular flexibility index (Phi) is 4.55. The summed E-state index contributed by atoms with van der Waals surface area (Å²) in [4.78, 5) is 0. The van der Waals surface area contributed by atoms with Gasteiger partial charge in [0.25, 0.3) is 0 Å². The second kappa shape index (κ2) is 5.94. The number of ether oxygens (including phenoxy) is 1. The lowest BCUT2D eigenvalue weighted by atomic mass is 10.0. The molecule has 1 N–H and O–H groups in total. The van der Waals surface area contributed by atoms with Crippen LogP contribution in [0.3, 0.4) is 0 Å². The van der Waals surface area contributed by atoms with Crippen molar-refractivity contribution in [2.24, 2.45) is 0 Å². The third-order valence-electron chi connectivity index (χ3n) is 2.94. The van der Waals surface area contributed by atoms with Crippen LogP contribution in [0.25, 0.3) is 0 Å². The van der Waals surface area contributed by atoms with E-state index in [0.29, 0.717) is 16.1 Å². The minimum atomic E-state index is 0.295. The predicted molar refractivity (Wildman–Crippen MR) is 72.2 cm³/mol. The molecular weight excluding hydrogens is 257 g/mol. The molecule has 1 aromatic carbocycles. The van der Waals surface area contributed by atoms with Gasteiger partial charge in [-0.1, -0.05) is 30.1 Å². The molecule has 94 valence electrons. The zero-order valence-electron chi connectivity index (χ0n) is 9.93. The lowest BCUT2D eigenvalue weighted by molar-refractivity contribution is 0.315. The maximum Gasteiger partial charge on any atom is 0.142 e. The molecule has 1 aliphatic heterocycles. The minimum Gasteiger partial charge on any atom is -0.492 e. The van der Waals surface area contributed by atoms with Gasteiger partial charge in [-0.15, -0.1) is 0 Å². The summed E-state index contributed by atoms with van der Waals surface area (Å²) >= 11 is 12.2. The number of hydrogen-bond acceptors (Lipinski definition) is 2. The summed E-state index contributed by atoms with van der Waals surface area (Å²) in [5, 5.41) is 4.80. The molecule has 2 nitrogen and oxygen atoms in total. The molecule has 0 amide bonds. The standard InChI is InChI=1S/C13H17Cl2NO/c1-2-5-16-12-4-3-6-17-13-10(12)7-9(14)8-11(13)15/h7-8,12,16H,2-6H2,1H3. The highest BCUT2D eigenvalue weighted by Crippen LogP contribution is 2.39. The first-order valence-electron chi connectivity index (χ1n) is 6.07. The monoisotopic (exact) mass is 273 g/mol.